The Kier molecular flexibility index (Phi) is 9.28. The lowest BCUT2D eigenvalue weighted by Gasteiger charge is -2.10. The van der Waals surface area contributed by atoms with Gasteiger partial charge in [-0.05, 0) is 42.5 Å². The van der Waals surface area contributed by atoms with E-state index in [1.54, 1.807) is 0 Å². The molecule has 0 aromatic carbocycles. The second kappa shape index (κ2) is 11.5. The number of hydrogen-bond acceptors (Lipinski definition) is 6. The Bertz CT molecular complexity index is 1120. The molecule has 0 unspecified atom stereocenters. The quantitative estimate of drug-likeness (QED) is 0.103. The number of ether oxygens (including phenoxy) is 1. The summed E-state index contributed by atoms with van der Waals surface area (Å²) >= 11 is 6.73. The van der Waals surface area contributed by atoms with Gasteiger partial charge in [0.15, 0.2) is 0 Å². The number of pyridine rings is 2. The molecule has 0 aliphatic rings. The number of carbonyl (C=O) groups is 2. The number of nitrogens with zero attached hydrogens (tertiary/aromatic N) is 2. The van der Waals surface area contributed by atoms with Crippen LogP contribution in [0.2, 0.25) is 5.15 Å². The fraction of sp³-hybridized carbons (Fsp3) is 0.238. The number of carbonyl (C=O) groups excluding carboxylic acids is 2. The zero-order valence-electron chi connectivity index (χ0n) is 17.2. The van der Waals surface area contributed by atoms with E-state index < -0.39 is 40.8 Å². The van der Waals surface area contributed by atoms with Gasteiger partial charge in [0.05, 0.1) is 0 Å². The van der Waals surface area contributed by atoms with Gasteiger partial charge in [0.25, 0.3) is 0 Å². The van der Waals surface area contributed by atoms with E-state index >= 15 is 0 Å². The predicted octanol–water partition coefficient (Wildman–Crippen LogP) is 6.47. The van der Waals surface area contributed by atoms with Crippen molar-refractivity contribution in [1.82, 2.24) is 9.97 Å². The number of thioether (sulfide) groups is 1. The first-order valence-electron chi connectivity index (χ1n) is 9.38. The van der Waals surface area contributed by atoms with E-state index in [2.05, 4.69) is 14.7 Å². The summed E-state index contributed by atoms with van der Waals surface area (Å²) in [6.45, 7) is 1.83. The minimum absolute atomic E-state index is 0.0250. The van der Waals surface area contributed by atoms with Gasteiger partial charge in [-0.15, -0.1) is 11.8 Å². The number of halogens is 7. The highest BCUT2D eigenvalue weighted by Gasteiger charge is 2.33. The molecule has 0 N–H and O–H groups in total. The van der Waals surface area contributed by atoms with Crippen LogP contribution in [0.25, 0.3) is 12.2 Å². The monoisotopic (exact) mass is 524 g/mol. The molecule has 2 heterocycles. The third-order valence-electron chi connectivity index (χ3n) is 3.79. The van der Waals surface area contributed by atoms with Crippen molar-refractivity contribution >= 4 is 47.5 Å². The molecule has 0 saturated heterocycles. The van der Waals surface area contributed by atoms with Gasteiger partial charge >= 0.3 is 24.3 Å². The molecule has 0 atom stereocenters. The first-order chi connectivity index (χ1) is 15.8. The van der Waals surface area contributed by atoms with Crippen molar-refractivity contribution < 1.29 is 40.7 Å². The molecular formula is C21H15ClF6N2O3S. The smallest absolute Gasteiger partial charge is 0.387 e. The van der Waals surface area contributed by atoms with Gasteiger partial charge in [0.2, 0.25) is 0 Å². The number of rotatable bonds is 7. The highest BCUT2D eigenvalue weighted by Crippen LogP contribution is 2.32. The third kappa shape index (κ3) is 8.17. The van der Waals surface area contributed by atoms with E-state index in [1.807, 2.05) is 6.92 Å². The maximum Gasteiger partial charge on any atom is 0.433 e. The number of esters is 2. The van der Waals surface area contributed by atoms with Crippen molar-refractivity contribution in [3.8, 4) is 0 Å². The van der Waals surface area contributed by atoms with Gasteiger partial charge in [-0.25, -0.2) is 19.6 Å². The summed E-state index contributed by atoms with van der Waals surface area (Å²) in [6, 6.07) is 3.55. The lowest BCUT2D eigenvalue weighted by molar-refractivity contribution is -0.152. The van der Waals surface area contributed by atoms with Gasteiger partial charge in [0, 0.05) is 23.3 Å². The number of aromatic nitrogens is 2. The Hall–Kier alpha value is -2.86. The minimum atomic E-state index is -4.69. The number of hydrogen-bond donors (Lipinski definition) is 0. The van der Waals surface area contributed by atoms with Crippen molar-refractivity contribution in [2.75, 3.05) is 5.75 Å². The largest absolute Gasteiger partial charge is 0.433 e. The van der Waals surface area contributed by atoms with Gasteiger partial charge in [-0.1, -0.05) is 24.6 Å². The summed E-state index contributed by atoms with van der Waals surface area (Å²) < 4.78 is 81.0. The zero-order chi connectivity index (χ0) is 25.5. The molecule has 0 aliphatic heterocycles. The van der Waals surface area contributed by atoms with Crippen LogP contribution in [0.1, 0.15) is 35.9 Å². The summed E-state index contributed by atoms with van der Waals surface area (Å²) in [5.74, 6) is -1.79. The van der Waals surface area contributed by atoms with Gasteiger partial charge in [0.1, 0.15) is 21.6 Å². The second-order valence-corrected chi connectivity index (χ2v) is 7.86. The lowest BCUT2D eigenvalue weighted by Crippen LogP contribution is -2.09. The average molecular weight is 525 g/mol. The van der Waals surface area contributed by atoms with E-state index in [0.29, 0.717) is 18.2 Å². The standard InChI is InChI=1S/C21H15ClF6N2O3S/c1-2-11-34-19-13(4-8-15(30-19)21(26,27)28)6-10-17(32)33-16(31)9-5-12-3-7-14(20(23,24)25)29-18(12)22/h3-10H,2,11H2,1H3. The van der Waals surface area contributed by atoms with E-state index in [4.69, 9.17) is 11.6 Å². The Morgan fingerprint density at radius 2 is 1.41 bits per heavy atom. The van der Waals surface area contributed by atoms with Crippen LogP contribution >= 0.6 is 23.4 Å². The molecule has 0 spiro atoms. The van der Waals surface area contributed by atoms with E-state index in [1.165, 1.54) is 0 Å². The lowest BCUT2D eigenvalue weighted by atomic mass is 10.2. The third-order valence-corrected chi connectivity index (χ3v) is 5.31. The van der Waals surface area contributed by atoms with E-state index in [9.17, 15) is 35.9 Å². The Labute approximate surface area is 198 Å². The fourth-order valence-electron chi connectivity index (χ4n) is 2.26. The molecule has 13 heteroatoms. The van der Waals surface area contributed by atoms with Gasteiger partial charge in [-0.3, -0.25) is 0 Å². The molecule has 0 aliphatic carbocycles. The van der Waals surface area contributed by atoms with Crippen molar-refractivity contribution in [3.05, 3.63) is 64.1 Å². The molecule has 0 fully saturated rings. The topological polar surface area (TPSA) is 69.2 Å². The Morgan fingerprint density at radius 1 is 0.912 bits per heavy atom. The summed E-state index contributed by atoms with van der Waals surface area (Å²) in [6.07, 6.45) is -4.90. The molecule has 0 saturated carbocycles. The molecule has 5 nitrogen and oxygen atoms in total. The van der Waals surface area contributed by atoms with Crippen LogP contribution in [0.4, 0.5) is 26.3 Å². The van der Waals surface area contributed by atoms with Crippen LogP contribution < -0.4 is 0 Å². The summed E-state index contributed by atoms with van der Waals surface area (Å²) in [5.41, 5.74) is -2.11. The molecule has 182 valence electrons. The van der Waals surface area contributed by atoms with Crippen molar-refractivity contribution in [2.24, 2.45) is 0 Å². The summed E-state index contributed by atoms with van der Waals surface area (Å²) in [5, 5.41) is -0.464. The van der Waals surface area contributed by atoms with Crippen LogP contribution in [-0.2, 0) is 26.7 Å². The van der Waals surface area contributed by atoms with Crippen LogP contribution in [0, 0.1) is 0 Å². The maximum atomic E-state index is 12.9. The van der Waals surface area contributed by atoms with Crippen molar-refractivity contribution in [2.45, 2.75) is 30.7 Å². The van der Waals surface area contributed by atoms with Gasteiger partial charge in [-0.2, -0.15) is 26.3 Å². The van der Waals surface area contributed by atoms with Crippen molar-refractivity contribution in [3.63, 3.8) is 0 Å². The van der Waals surface area contributed by atoms with Crippen LogP contribution in [0.15, 0.2) is 41.4 Å². The van der Waals surface area contributed by atoms with E-state index in [0.717, 1.165) is 54.3 Å². The first kappa shape index (κ1) is 27.4. The van der Waals surface area contributed by atoms with Gasteiger partial charge < -0.3 is 4.74 Å². The highest BCUT2D eigenvalue weighted by molar-refractivity contribution is 7.99. The fourth-order valence-corrected chi connectivity index (χ4v) is 3.34. The van der Waals surface area contributed by atoms with Crippen LogP contribution in [-0.4, -0.2) is 27.7 Å². The van der Waals surface area contributed by atoms with E-state index in [-0.39, 0.29) is 16.2 Å². The second-order valence-electron chi connectivity index (χ2n) is 6.42. The normalized spacial score (nSPS) is 12.5. The zero-order valence-corrected chi connectivity index (χ0v) is 18.8. The SMILES string of the molecule is CCCSc1nc(C(F)(F)F)ccc1C=CC(=O)OC(=O)C=Cc1ccc(C(F)(F)F)nc1Cl. The molecular weight excluding hydrogens is 510 g/mol. The molecule has 2 aromatic heterocycles. The molecule has 2 aromatic rings. The number of alkyl halides is 6. The first-order valence-corrected chi connectivity index (χ1v) is 10.7. The Morgan fingerprint density at radius 3 is 1.91 bits per heavy atom. The molecule has 0 bridgehead atoms. The maximum absolute atomic E-state index is 12.9. The van der Waals surface area contributed by atoms with Crippen LogP contribution in [0.3, 0.4) is 0 Å². The molecule has 0 amide bonds. The average Bonchev–Trinajstić information content (AvgIpc) is 2.74. The summed E-state index contributed by atoms with van der Waals surface area (Å²) in [7, 11) is 0. The molecule has 34 heavy (non-hydrogen) atoms. The summed E-state index contributed by atoms with van der Waals surface area (Å²) in [4.78, 5) is 30.4. The Balaban J connectivity index is 2.08. The van der Waals surface area contributed by atoms with Crippen molar-refractivity contribution in [1.29, 1.82) is 0 Å². The minimum Gasteiger partial charge on any atom is -0.387 e. The molecule has 2 rings (SSSR count). The predicted molar refractivity (Wildman–Crippen MR) is 114 cm³/mol. The van der Waals surface area contributed by atoms with Crippen LogP contribution in [0.5, 0.6) is 0 Å². The molecule has 0 radical (unpaired) electrons. The highest BCUT2D eigenvalue weighted by atomic mass is 35.5.